The zero-order valence-corrected chi connectivity index (χ0v) is 11.2. The van der Waals surface area contributed by atoms with Gasteiger partial charge in [0.05, 0.1) is 24.7 Å². The van der Waals surface area contributed by atoms with Gasteiger partial charge in [0.2, 0.25) is 5.88 Å². The SMILES string of the molecule is OCc1cncc(Oc2ccc(Cl)c3ccccc23)n1. The molecule has 0 radical (unpaired) electrons. The minimum atomic E-state index is -0.175. The van der Waals surface area contributed by atoms with Gasteiger partial charge in [0.1, 0.15) is 5.75 Å². The van der Waals surface area contributed by atoms with E-state index in [2.05, 4.69) is 9.97 Å². The van der Waals surface area contributed by atoms with Crippen LogP contribution in [0.5, 0.6) is 11.6 Å². The molecule has 0 bridgehead atoms. The van der Waals surface area contributed by atoms with Gasteiger partial charge in [0.25, 0.3) is 0 Å². The largest absolute Gasteiger partial charge is 0.437 e. The van der Waals surface area contributed by atoms with Gasteiger partial charge < -0.3 is 9.84 Å². The normalized spacial score (nSPS) is 10.7. The van der Waals surface area contributed by atoms with Crippen molar-refractivity contribution in [2.45, 2.75) is 6.61 Å². The first-order valence-corrected chi connectivity index (χ1v) is 6.42. The second kappa shape index (κ2) is 5.45. The van der Waals surface area contributed by atoms with Gasteiger partial charge in [-0.1, -0.05) is 35.9 Å². The highest BCUT2D eigenvalue weighted by Crippen LogP contribution is 2.33. The van der Waals surface area contributed by atoms with Crippen molar-refractivity contribution in [1.82, 2.24) is 9.97 Å². The monoisotopic (exact) mass is 286 g/mol. The molecule has 0 spiro atoms. The lowest BCUT2D eigenvalue weighted by Crippen LogP contribution is -1.95. The van der Waals surface area contributed by atoms with Gasteiger partial charge in [-0.3, -0.25) is 4.98 Å². The van der Waals surface area contributed by atoms with Crippen molar-refractivity contribution >= 4 is 22.4 Å². The summed E-state index contributed by atoms with van der Waals surface area (Å²) < 4.78 is 5.75. The number of fused-ring (bicyclic) bond motifs is 1. The number of aliphatic hydroxyl groups is 1. The molecular weight excluding hydrogens is 276 g/mol. The predicted molar refractivity (Wildman–Crippen MR) is 77.0 cm³/mol. The maximum Gasteiger partial charge on any atom is 0.238 e. The summed E-state index contributed by atoms with van der Waals surface area (Å²) in [7, 11) is 0. The van der Waals surface area contributed by atoms with E-state index in [0.29, 0.717) is 22.3 Å². The minimum Gasteiger partial charge on any atom is -0.437 e. The highest BCUT2D eigenvalue weighted by atomic mass is 35.5. The maximum absolute atomic E-state index is 9.06. The summed E-state index contributed by atoms with van der Waals surface area (Å²) >= 11 is 6.16. The standard InChI is InChI=1S/C15H11ClN2O2/c16-13-5-6-14(12-4-2-1-3-11(12)13)20-15-8-17-7-10(9-19)18-15/h1-8,19H,9H2. The summed E-state index contributed by atoms with van der Waals surface area (Å²) in [6.07, 6.45) is 3.00. The average Bonchev–Trinajstić information content (AvgIpc) is 2.51. The summed E-state index contributed by atoms with van der Waals surface area (Å²) in [5.41, 5.74) is 0.459. The van der Waals surface area contributed by atoms with Gasteiger partial charge in [0, 0.05) is 15.8 Å². The van der Waals surface area contributed by atoms with E-state index in [1.165, 1.54) is 12.4 Å². The summed E-state index contributed by atoms with van der Waals surface area (Å²) in [6, 6.07) is 11.3. The first-order chi connectivity index (χ1) is 9.78. The number of ether oxygens (including phenoxy) is 1. The highest BCUT2D eigenvalue weighted by molar-refractivity contribution is 6.35. The van der Waals surface area contributed by atoms with Crippen molar-refractivity contribution in [3.63, 3.8) is 0 Å². The van der Waals surface area contributed by atoms with Crippen LogP contribution in [0.15, 0.2) is 48.8 Å². The third-order valence-corrected chi connectivity index (χ3v) is 3.20. The molecule has 0 atom stereocenters. The van der Waals surface area contributed by atoms with Crippen molar-refractivity contribution in [2.75, 3.05) is 0 Å². The Hall–Kier alpha value is -2.17. The molecule has 0 fully saturated rings. The van der Waals surface area contributed by atoms with Crippen LogP contribution >= 0.6 is 11.6 Å². The van der Waals surface area contributed by atoms with E-state index < -0.39 is 0 Å². The molecule has 4 nitrogen and oxygen atoms in total. The molecule has 20 heavy (non-hydrogen) atoms. The van der Waals surface area contributed by atoms with Gasteiger partial charge >= 0.3 is 0 Å². The number of benzene rings is 2. The van der Waals surface area contributed by atoms with Gasteiger partial charge in [-0.15, -0.1) is 0 Å². The van der Waals surface area contributed by atoms with E-state index in [1.807, 2.05) is 24.3 Å². The minimum absolute atomic E-state index is 0.175. The average molecular weight is 287 g/mol. The molecule has 5 heteroatoms. The molecule has 0 aliphatic rings. The molecule has 1 N–H and O–H groups in total. The van der Waals surface area contributed by atoms with Gasteiger partial charge in [-0.05, 0) is 12.1 Å². The topological polar surface area (TPSA) is 55.2 Å². The summed E-state index contributed by atoms with van der Waals surface area (Å²) in [4.78, 5) is 8.12. The highest BCUT2D eigenvalue weighted by Gasteiger charge is 2.07. The number of aromatic nitrogens is 2. The van der Waals surface area contributed by atoms with Crippen molar-refractivity contribution < 1.29 is 9.84 Å². The molecule has 0 aliphatic carbocycles. The molecule has 0 aliphatic heterocycles. The molecule has 1 aromatic heterocycles. The number of aliphatic hydroxyl groups excluding tert-OH is 1. The first kappa shape index (κ1) is 12.8. The smallest absolute Gasteiger partial charge is 0.238 e. The van der Waals surface area contributed by atoms with E-state index in [-0.39, 0.29) is 6.61 Å². The van der Waals surface area contributed by atoms with Gasteiger partial charge in [-0.25, -0.2) is 4.98 Å². The third kappa shape index (κ3) is 2.43. The van der Waals surface area contributed by atoms with Crippen LogP contribution in [0.3, 0.4) is 0 Å². The van der Waals surface area contributed by atoms with E-state index in [1.54, 1.807) is 12.1 Å². The molecule has 3 aromatic rings. The molecular formula is C15H11ClN2O2. The van der Waals surface area contributed by atoms with Gasteiger partial charge in [0.15, 0.2) is 0 Å². The first-order valence-electron chi connectivity index (χ1n) is 6.05. The lowest BCUT2D eigenvalue weighted by molar-refractivity contribution is 0.274. The lowest BCUT2D eigenvalue weighted by Gasteiger charge is -2.09. The van der Waals surface area contributed by atoms with Crippen LogP contribution < -0.4 is 4.74 Å². The number of hydrogen-bond acceptors (Lipinski definition) is 4. The van der Waals surface area contributed by atoms with Gasteiger partial charge in [-0.2, -0.15) is 0 Å². The molecule has 1 heterocycles. The molecule has 0 saturated heterocycles. The Labute approximate surface area is 120 Å². The molecule has 100 valence electrons. The van der Waals surface area contributed by atoms with Crippen molar-refractivity contribution in [2.24, 2.45) is 0 Å². The Balaban J connectivity index is 2.04. The zero-order chi connectivity index (χ0) is 13.9. The molecule has 3 rings (SSSR count). The fourth-order valence-corrected chi connectivity index (χ4v) is 2.18. The Bertz CT molecular complexity index is 762. The quantitative estimate of drug-likeness (QED) is 0.800. The maximum atomic E-state index is 9.06. The summed E-state index contributed by atoms with van der Waals surface area (Å²) in [5, 5.41) is 11.5. The Morgan fingerprint density at radius 3 is 2.65 bits per heavy atom. The Kier molecular flexibility index (Phi) is 3.50. The van der Waals surface area contributed by atoms with Crippen LogP contribution in [0.25, 0.3) is 10.8 Å². The van der Waals surface area contributed by atoms with E-state index in [0.717, 1.165) is 10.8 Å². The third-order valence-electron chi connectivity index (χ3n) is 2.87. The van der Waals surface area contributed by atoms with E-state index >= 15 is 0 Å². The lowest BCUT2D eigenvalue weighted by atomic mass is 10.1. The summed E-state index contributed by atoms with van der Waals surface area (Å²) in [6.45, 7) is -0.175. The molecule has 0 amide bonds. The Morgan fingerprint density at radius 2 is 1.85 bits per heavy atom. The van der Waals surface area contributed by atoms with E-state index in [9.17, 15) is 0 Å². The summed E-state index contributed by atoms with van der Waals surface area (Å²) in [5.74, 6) is 0.985. The Morgan fingerprint density at radius 1 is 1.05 bits per heavy atom. The van der Waals surface area contributed by atoms with E-state index in [4.69, 9.17) is 21.4 Å². The number of halogens is 1. The zero-order valence-electron chi connectivity index (χ0n) is 10.5. The van der Waals surface area contributed by atoms with Crippen LogP contribution in [0, 0.1) is 0 Å². The second-order valence-electron chi connectivity index (χ2n) is 4.20. The van der Waals surface area contributed by atoms with Crippen LogP contribution in [-0.2, 0) is 6.61 Å². The molecule has 0 saturated carbocycles. The van der Waals surface area contributed by atoms with Crippen LogP contribution in [0.4, 0.5) is 0 Å². The number of rotatable bonds is 3. The van der Waals surface area contributed by atoms with Crippen LogP contribution in [-0.4, -0.2) is 15.1 Å². The predicted octanol–water partition coefficient (Wildman–Crippen LogP) is 3.57. The number of hydrogen-bond donors (Lipinski definition) is 1. The molecule has 0 unspecified atom stereocenters. The molecule has 2 aromatic carbocycles. The van der Waals surface area contributed by atoms with Crippen LogP contribution in [0.2, 0.25) is 5.02 Å². The fourth-order valence-electron chi connectivity index (χ4n) is 1.95. The van der Waals surface area contributed by atoms with Crippen molar-refractivity contribution in [3.8, 4) is 11.6 Å². The van der Waals surface area contributed by atoms with Crippen LogP contribution in [0.1, 0.15) is 5.69 Å². The second-order valence-corrected chi connectivity index (χ2v) is 4.61. The number of nitrogens with zero attached hydrogens (tertiary/aromatic N) is 2. The van der Waals surface area contributed by atoms with Crippen molar-refractivity contribution in [3.05, 3.63) is 59.5 Å². The van der Waals surface area contributed by atoms with Crippen molar-refractivity contribution in [1.29, 1.82) is 0 Å². The fraction of sp³-hybridized carbons (Fsp3) is 0.0667.